The lowest BCUT2D eigenvalue weighted by Crippen LogP contribution is -2.47. The number of carboxylic acid groups (broad SMARTS) is 1. The molecule has 1 amide bonds. The fourth-order valence-corrected chi connectivity index (χ4v) is 3.55. The van der Waals surface area contributed by atoms with Crippen LogP contribution in [-0.4, -0.2) is 34.5 Å². The van der Waals surface area contributed by atoms with Crippen molar-refractivity contribution in [1.82, 2.24) is 4.90 Å². The number of likely N-dealkylation sites (tertiary alicyclic amines) is 1. The highest BCUT2D eigenvalue weighted by Gasteiger charge is 2.33. The topological polar surface area (TPSA) is 70.8 Å². The minimum atomic E-state index is -0.955. The zero-order chi connectivity index (χ0) is 15.9. The maximum absolute atomic E-state index is 12.6. The number of fused-ring (bicyclic) bond motifs is 1. The van der Waals surface area contributed by atoms with Crippen LogP contribution in [0.2, 0.25) is 0 Å². The number of carbonyl (C=O) groups excluding carboxylic acids is 1. The number of carboxylic acids is 1. The molecule has 0 bridgehead atoms. The molecule has 22 heavy (non-hydrogen) atoms. The number of aliphatic carboxylic acids is 1. The number of halogens is 1. The maximum atomic E-state index is 12.6. The first-order chi connectivity index (χ1) is 10.5. The van der Waals surface area contributed by atoms with Gasteiger partial charge in [0.05, 0.1) is 0 Å². The molecule has 2 aromatic rings. The molecule has 6 heteroatoms. The van der Waals surface area contributed by atoms with Crippen molar-refractivity contribution in [2.24, 2.45) is 0 Å². The van der Waals surface area contributed by atoms with Crippen LogP contribution in [0.3, 0.4) is 0 Å². The Morgan fingerprint density at radius 3 is 2.82 bits per heavy atom. The van der Waals surface area contributed by atoms with Crippen molar-refractivity contribution in [2.75, 3.05) is 6.54 Å². The van der Waals surface area contributed by atoms with Crippen LogP contribution in [0.25, 0.3) is 11.0 Å². The Balaban J connectivity index is 1.97. The van der Waals surface area contributed by atoms with Crippen molar-refractivity contribution in [3.63, 3.8) is 0 Å². The summed E-state index contributed by atoms with van der Waals surface area (Å²) in [5.41, 5.74) is 1.59. The number of carbonyl (C=O) groups is 2. The Labute approximate surface area is 136 Å². The molecule has 0 spiro atoms. The molecule has 2 heterocycles. The van der Waals surface area contributed by atoms with Crippen LogP contribution in [0.1, 0.15) is 35.4 Å². The van der Waals surface area contributed by atoms with E-state index in [2.05, 4.69) is 15.9 Å². The highest BCUT2D eigenvalue weighted by atomic mass is 79.9. The van der Waals surface area contributed by atoms with E-state index in [1.807, 2.05) is 19.1 Å². The molecular weight excluding hydrogens is 350 g/mol. The molecule has 1 aliphatic rings. The Kier molecular flexibility index (Phi) is 3.95. The number of hydrogen-bond donors (Lipinski definition) is 1. The zero-order valence-corrected chi connectivity index (χ0v) is 13.7. The second-order valence-electron chi connectivity index (χ2n) is 5.60. The summed E-state index contributed by atoms with van der Waals surface area (Å²) in [6.45, 7) is 2.36. The van der Waals surface area contributed by atoms with E-state index in [-0.39, 0.29) is 11.7 Å². The van der Waals surface area contributed by atoms with E-state index < -0.39 is 12.0 Å². The maximum Gasteiger partial charge on any atom is 0.326 e. The van der Waals surface area contributed by atoms with E-state index in [0.717, 1.165) is 28.3 Å². The predicted molar refractivity (Wildman–Crippen MR) is 85.0 cm³/mol. The molecule has 0 unspecified atom stereocenters. The Hall–Kier alpha value is -1.82. The molecule has 1 aromatic heterocycles. The van der Waals surface area contributed by atoms with E-state index >= 15 is 0 Å². The standard InChI is InChI=1S/C16H16BrNO4/c1-9-6-11(17)7-10-8-13(22-14(9)10)15(19)18-5-3-2-4-12(18)16(20)21/h6-8,12H,2-5H2,1H3,(H,20,21)/t12-/m1/s1. The lowest BCUT2D eigenvalue weighted by Gasteiger charge is -2.32. The SMILES string of the molecule is Cc1cc(Br)cc2cc(C(=O)N3CCCC[C@@H]3C(=O)O)oc12. The summed E-state index contributed by atoms with van der Waals surface area (Å²) in [6, 6.07) is 4.72. The molecule has 5 nitrogen and oxygen atoms in total. The average molecular weight is 366 g/mol. The summed E-state index contributed by atoms with van der Waals surface area (Å²) in [5, 5.41) is 10.1. The third kappa shape index (κ3) is 2.63. The van der Waals surface area contributed by atoms with Crippen molar-refractivity contribution in [1.29, 1.82) is 0 Å². The average Bonchev–Trinajstić information content (AvgIpc) is 2.90. The molecule has 1 fully saturated rings. The van der Waals surface area contributed by atoms with E-state index in [1.54, 1.807) is 6.07 Å². The van der Waals surface area contributed by atoms with Crippen LogP contribution in [0.4, 0.5) is 0 Å². The quantitative estimate of drug-likeness (QED) is 0.882. The summed E-state index contributed by atoms with van der Waals surface area (Å²) >= 11 is 3.42. The molecule has 1 aliphatic heterocycles. The predicted octanol–water partition coefficient (Wildman–Crippen LogP) is 3.58. The van der Waals surface area contributed by atoms with Gasteiger partial charge in [-0.1, -0.05) is 15.9 Å². The highest BCUT2D eigenvalue weighted by molar-refractivity contribution is 9.10. The normalized spacial score (nSPS) is 18.6. The molecule has 1 aromatic carbocycles. The molecule has 116 valence electrons. The number of benzene rings is 1. The van der Waals surface area contributed by atoms with Gasteiger partial charge in [-0.15, -0.1) is 0 Å². The largest absolute Gasteiger partial charge is 0.480 e. The van der Waals surface area contributed by atoms with Gasteiger partial charge in [0, 0.05) is 16.4 Å². The second-order valence-corrected chi connectivity index (χ2v) is 6.52. The minimum Gasteiger partial charge on any atom is -0.480 e. The van der Waals surface area contributed by atoms with Gasteiger partial charge in [-0.3, -0.25) is 4.79 Å². The number of piperidine rings is 1. The number of rotatable bonds is 2. The number of furan rings is 1. The zero-order valence-electron chi connectivity index (χ0n) is 12.1. The Morgan fingerprint density at radius 2 is 2.09 bits per heavy atom. The third-order valence-electron chi connectivity index (χ3n) is 4.03. The van der Waals surface area contributed by atoms with Crippen molar-refractivity contribution >= 4 is 38.8 Å². The molecule has 0 radical (unpaired) electrons. The number of nitrogens with zero attached hydrogens (tertiary/aromatic N) is 1. The van der Waals surface area contributed by atoms with Crippen molar-refractivity contribution in [3.05, 3.63) is 34.0 Å². The number of aryl methyl sites for hydroxylation is 1. The first kappa shape index (κ1) is 15.1. The van der Waals surface area contributed by atoms with E-state index in [9.17, 15) is 14.7 Å². The molecule has 3 rings (SSSR count). The summed E-state index contributed by atoms with van der Waals surface area (Å²) in [7, 11) is 0. The summed E-state index contributed by atoms with van der Waals surface area (Å²) in [6.07, 6.45) is 2.14. The van der Waals surface area contributed by atoms with Crippen LogP contribution < -0.4 is 0 Å². The van der Waals surface area contributed by atoms with Gasteiger partial charge in [0.15, 0.2) is 5.76 Å². The van der Waals surface area contributed by atoms with Crippen LogP contribution in [-0.2, 0) is 4.79 Å². The molecule has 1 N–H and O–H groups in total. The van der Waals surface area contributed by atoms with Crippen LogP contribution in [0.15, 0.2) is 27.1 Å². The smallest absolute Gasteiger partial charge is 0.326 e. The van der Waals surface area contributed by atoms with Gasteiger partial charge in [0.2, 0.25) is 0 Å². The van der Waals surface area contributed by atoms with E-state index in [1.165, 1.54) is 4.90 Å². The second kappa shape index (κ2) is 5.76. The highest BCUT2D eigenvalue weighted by Crippen LogP contribution is 2.29. The molecular formula is C16H16BrNO4. The first-order valence-electron chi connectivity index (χ1n) is 7.21. The van der Waals surface area contributed by atoms with Crippen LogP contribution in [0.5, 0.6) is 0 Å². The lowest BCUT2D eigenvalue weighted by molar-refractivity contribution is -0.143. The van der Waals surface area contributed by atoms with Gasteiger partial charge in [-0.2, -0.15) is 0 Å². The Morgan fingerprint density at radius 1 is 1.32 bits per heavy atom. The summed E-state index contributed by atoms with van der Waals surface area (Å²) < 4.78 is 6.61. The van der Waals surface area contributed by atoms with Crippen molar-refractivity contribution < 1.29 is 19.1 Å². The van der Waals surface area contributed by atoms with Crippen LogP contribution in [0, 0.1) is 6.92 Å². The number of amides is 1. The van der Waals surface area contributed by atoms with Gasteiger partial charge >= 0.3 is 5.97 Å². The van der Waals surface area contributed by atoms with Gasteiger partial charge in [0.25, 0.3) is 5.91 Å². The fraction of sp³-hybridized carbons (Fsp3) is 0.375. The van der Waals surface area contributed by atoms with Gasteiger partial charge < -0.3 is 14.4 Å². The third-order valence-corrected chi connectivity index (χ3v) is 4.48. The first-order valence-corrected chi connectivity index (χ1v) is 8.00. The molecule has 0 saturated carbocycles. The van der Waals surface area contributed by atoms with Gasteiger partial charge in [-0.05, 0) is 49.9 Å². The van der Waals surface area contributed by atoms with Gasteiger partial charge in [-0.25, -0.2) is 4.79 Å². The Bertz CT molecular complexity index is 752. The van der Waals surface area contributed by atoms with Crippen LogP contribution >= 0.6 is 15.9 Å². The van der Waals surface area contributed by atoms with E-state index in [0.29, 0.717) is 18.5 Å². The monoisotopic (exact) mass is 365 g/mol. The summed E-state index contributed by atoms with van der Waals surface area (Å²) in [5.74, 6) is -1.11. The van der Waals surface area contributed by atoms with E-state index in [4.69, 9.17) is 4.42 Å². The molecule has 1 saturated heterocycles. The molecule has 0 aliphatic carbocycles. The fourth-order valence-electron chi connectivity index (χ4n) is 2.96. The number of hydrogen-bond acceptors (Lipinski definition) is 3. The summed E-state index contributed by atoms with van der Waals surface area (Å²) in [4.78, 5) is 25.4. The van der Waals surface area contributed by atoms with Crippen molar-refractivity contribution in [3.8, 4) is 0 Å². The minimum absolute atomic E-state index is 0.198. The van der Waals surface area contributed by atoms with Crippen molar-refractivity contribution in [2.45, 2.75) is 32.2 Å². The lowest BCUT2D eigenvalue weighted by atomic mass is 10.0. The van der Waals surface area contributed by atoms with Gasteiger partial charge in [0.1, 0.15) is 11.6 Å². The molecule has 1 atom stereocenters.